The Morgan fingerprint density at radius 1 is 1.32 bits per heavy atom. The first-order chi connectivity index (χ1) is 9.24. The molecule has 0 bridgehead atoms. The third-order valence-electron chi connectivity index (χ3n) is 4.21. The van der Waals surface area contributed by atoms with Crippen molar-refractivity contribution in [3.63, 3.8) is 0 Å². The molecule has 1 aromatic rings. The molecule has 1 atom stereocenters. The highest BCUT2D eigenvalue weighted by Gasteiger charge is 2.27. The molecule has 3 heteroatoms. The molecule has 2 rings (SSSR count). The van der Waals surface area contributed by atoms with Gasteiger partial charge in [-0.05, 0) is 36.9 Å². The zero-order valence-corrected chi connectivity index (χ0v) is 12.3. The van der Waals surface area contributed by atoms with E-state index in [-0.39, 0.29) is 16.8 Å². The fraction of sp³-hybridized carbons (Fsp3) is 0.625. The Labute approximate surface area is 120 Å². The largest absolute Gasteiger partial charge is 0.316 e. The van der Waals surface area contributed by atoms with Crippen LogP contribution in [0.2, 0.25) is 5.02 Å². The van der Waals surface area contributed by atoms with Crippen LogP contribution >= 0.6 is 11.6 Å². The van der Waals surface area contributed by atoms with Gasteiger partial charge in [0.15, 0.2) is 0 Å². The van der Waals surface area contributed by atoms with E-state index in [0.717, 1.165) is 18.7 Å². The molecule has 1 nitrogen and oxygen atoms in total. The van der Waals surface area contributed by atoms with E-state index in [0.29, 0.717) is 5.92 Å². The first kappa shape index (κ1) is 14.8. The van der Waals surface area contributed by atoms with Crippen LogP contribution in [0, 0.1) is 11.7 Å². The summed E-state index contributed by atoms with van der Waals surface area (Å²) in [5, 5.41) is 3.63. The van der Waals surface area contributed by atoms with Gasteiger partial charge in [0.1, 0.15) is 5.82 Å². The summed E-state index contributed by atoms with van der Waals surface area (Å²) in [7, 11) is 0. The summed E-state index contributed by atoms with van der Waals surface area (Å²) >= 11 is 5.94. The molecule has 0 saturated heterocycles. The second-order valence-corrected chi connectivity index (χ2v) is 5.86. The van der Waals surface area contributed by atoms with E-state index < -0.39 is 0 Å². The summed E-state index contributed by atoms with van der Waals surface area (Å²) in [5.74, 6) is 0.609. The maximum atomic E-state index is 14.3. The number of likely N-dealkylation sites (N-methyl/N-ethyl adjacent to an activating group) is 1. The maximum Gasteiger partial charge on any atom is 0.145 e. The van der Waals surface area contributed by atoms with Crippen molar-refractivity contribution < 1.29 is 4.39 Å². The molecule has 0 spiro atoms. The summed E-state index contributed by atoms with van der Waals surface area (Å²) < 4.78 is 14.3. The third kappa shape index (κ3) is 3.70. The molecular weight excluding hydrogens is 261 g/mol. The Balaban J connectivity index is 2.22. The molecule has 1 aliphatic carbocycles. The van der Waals surface area contributed by atoms with Crippen molar-refractivity contribution in [1.82, 2.24) is 5.32 Å². The molecule has 1 aliphatic rings. The van der Waals surface area contributed by atoms with Gasteiger partial charge in [0.2, 0.25) is 0 Å². The van der Waals surface area contributed by atoms with Crippen LogP contribution in [-0.2, 0) is 0 Å². The summed E-state index contributed by atoms with van der Waals surface area (Å²) in [4.78, 5) is 0. The van der Waals surface area contributed by atoms with Crippen molar-refractivity contribution in [3.8, 4) is 0 Å². The minimum Gasteiger partial charge on any atom is -0.316 e. The number of halogens is 2. The lowest BCUT2D eigenvalue weighted by Crippen LogP contribution is -2.28. The van der Waals surface area contributed by atoms with Crippen LogP contribution in [0.3, 0.4) is 0 Å². The second-order valence-electron chi connectivity index (χ2n) is 5.46. The van der Waals surface area contributed by atoms with E-state index in [4.69, 9.17) is 11.6 Å². The molecule has 1 aromatic carbocycles. The topological polar surface area (TPSA) is 12.0 Å². The van der Waals surface area contributed by atoms with Crippen molar-refractivity contribution in [3.05, 3.63) is 34.6 Å². The molecule has 1 fully saturated rings. The normalized spacial score (nSPS) is 18.5. The molecule has 106 valence electrons. The molecule has 0 heterocycles. The summed E-state index contributed by atoms with van der Waals surface area (Å²) in [5.41, 5.74) is 0.792. The van der Waals surface area contributed by atoms with Gasteiger partial charge in [-0.1, -0.05) is 49.9 Å². The zero-order chi connectivity index (χ0) is 13.7. The molecular formula is C16H23ClFN. The Morgan fingerprint density at radius 3 is 2.74 bits per heavy atom. The first-order valence-electron chi connectivity index (χ1n) is 7.38. The predicted octanol–water partition coefficient (Wildman–Crippen LogP) is 4.75. The molecule has 19 heavy (non-hydrogen) atoms. The fourth-order valence-electron chi connectivity index (χ4n) is 3.17. The van der Waals surface area contributed by atoms with Crippen molar-refractivity contribution in [2.24, 2.45) is 5.92 Å². The van der Waals surface area contributed by atoms with Crippen LogP contribution in [0.25, 0.3) is 0 Å². The SMILES string of the molecule is CCNCC(c1cccc(Cl)c1F)C1CCCCC1. The Hall–Kier alpha value is -0.600. The average molecular weight is 284 g/mol. The number of rotatable bonds is 5. The Morgan fingerprint density at radius 2 is 2.05 bits per heavy atom. The molecule has 0 aliphatic heterocycles. The standard InChI is InChI=1S/C16H23ClFN/c1-2-19-11-14(12-7-4-3-5-8-12)13-9-6-10-15(17)16(13)18/h6,9-10,12,14,19H,2-5,7-8,11H2,1H3. The lowest BCUT2D eigenvalue weighted by Gasteiger charge is -2.31. The van der Waals surface area contributed by atoms with Crippen LogP contribution in [0.15, 0.2) is 18.2 Å². The van der Waals surface area contributed by atoms with E-state index in [9.17, 15) is 4.39 Å². The zero-order valence-electron chi connectivity index (χ0n) is 11.6. The lowest BCUT2D eigenvalue weighted by atomic mass is 9.76. The van der Waals surface area contributed by atoms with Gasteiger partial charge in [-0.2, -0.15) is 0 Å². The van der Waals surface area contributed by atoms with Gasteiger partial charge in [0, 0.05) is 12.5 Å². The Kier molecular flexibility index (Phi) is 5.65. The van der Waals surface area contributed by atoms with E-state index in [1.54, 1.807) is 6.07 Å². The van der Waals surface area contributed by atoms with E-state index in [2.05, 4.69) is 12.2 Å². The van der Waals surface area contributed by atoms with Gasteiger partial charge in [0.05, 0.1) is 5.02 Å². The van der Waals surface area contributed by atoms with Gasteiger partial charge < -0.3 is 5.32 Å². The third-order valence-corrected chi connectivity index (χ3v) is 4.51. The van der Waals surface area contributed by atoms with Crippen molar-refractivity contribution >= 4 is 11.6 Å². The Bertz CT molecular complexity index is 402. The lowest BCUT2D eigenvalue weighted by molar-refractivity contribution is 0.293. The summed E-state index contributed by atoms with van der Waals surface area (Å²) in [6, 6.07) is 5.39. The highest BCUT2D eigenvalue weighted by molar-refractivity contribution is 6.30. The molecule has 1 N–H and O–H groups in total. The molecule has 1 saturated carbocycles. The van der Waals surface area contributed by atoms with Crippen molar-refractivity contribution in [1.29, 1.82) is 0 Å². The maximum absolute atomic E-state index is 14.3. The van der Waals surface area contributed by atoms with Crippen molar-refractivity contribution in [2.75, 3.05) is 13.1 Å². The highest BCUT2D eigenvalue weighted by atomic mass is 35.5. The highest BCUT2D eigenvalue weighted by Crippen LogP contribution is 2.37. The van der Waals surface area contributed by atoms with Crippen LogP contribution in [-0.4, -0.2) is 13.1 Å². The average Bonchev–Trinajstić information content (AvgIpc) is 2.45. The number of nitrogens with one attached hydrogen (secondary N) is 1. The number of hydrogen-bond acceptors (Lipinski definition) is 1. The fourth-order valence-corrected chi connectivity index (χ4v) is 3.36. The quantitative estimate of drug-likeness (QED) is 0.822. The van der Waals surface area contributed by atoms with Crippen molar-refractivity contribution in [2.45, 2.75) is 44.9 Å². The van der Waals surface area contributed by atoms with E-state index >= 15 is 0 Å². The smallest absolute Gasteiger partial charge is 0.145 e. The molecule has 1 unspecified atom stereocenters. The van der Waals surface area contributed by atoms with Crippen LogP contribution in [0.5, 0.6) is 0 Å². The van der Waals surface area contributed by atoms with E-state index in [1.165, 1.54) is 32.1 Å². The monoisotopic (exact) mass is 283 g/mol. The molecule has 0 aromatic heterocycles. The predicted molar refractivity (Wildman–Crippen MR) is 79.3 cm³/mol. The van der Waals surface area contributed by atoms with Gasteiger partial charge in [-0.3, -0.25) is 0 Å². The van der Waals surface area contributed by atoms with Crippen LogP contribution in [0.1, 0.15) is 50.5 Å². The number of benzene rings is 1. The summed E-state index contributed by atoms with van der Waals surface area (Å²) in [6.07, 6.45) is 6.29. The van der Waals surface area contributed by atoms with Gasteiger partial charge >= 0.3 is 0 Å². The van der Waals surface area contributed by atoms with Gasteiger partial charge in [-0.15, -0.1) is 0 Å². The first-order valence-corrected chi connectivity index (χ1v) is 7.76. The van der Waals surface area contributed by atoms with Gasteiger partial charge in [-0.25, -0.2) is 4.39 Å². The molecule has 0 radical (unpaired) electrons. The second kappa shape index (κ2) is 7.25. The minimum absolute atomic E-state index is 0.224. The van der Waals surface area contributed by atoms with Gasteiger partial charge in [0.25, 0.3) is 0 Å². The summed E-state index contributed by atoms with van der Waals surface area (Å²) in [6.45, 7) is 3.86. The number of hydrogen-bond donors (Lipinski definition) is 1. The van der Waals surface area contributed by atoms with E-state index in [1.807, 2.05) is 12.1 Å². The molecule has 0 amide bonds. The van der Waals surface area contributed by atoms with Crippen LogP contribution in [0.4, 0.5) is 4.39 Å². The van der Waals surface area contributed by atoms with Crippen LogP contribution < -0.4 is 5.32 Å². The minimum atomic E-state index is -0.224.